The van der Waals surface area contributed by atoms with Gasteiger partial charge in [0.2, 0.25) is 5.91 Å². The van der Waals surface area contributed by atoms with Crippen LogP contribution < -0.4 is 14.8 Å². The Morgan fingerprint density at radius 2 is 1.74 bits per heavy atom. The Kier molecular flexibility index (Phi) is 6.06. The van der Waals surface area contributed by atoms with Crippen LogP contribution in [0, 0.1) is 22.0 Å². The van der Waals surface area contributed by atoms with Crippen molar-refractivity contribution in [2.45, 2.75) is 19.3 Å². The maximum atomic E-state index is 12.8. The van der Waals surface area contributed by atoms with Crippen LogP contribution in [0.15, 0.2) is 12.1 Å². The van der Waals surface area contributed by atoms with Crippen LogP contribution in [0.25, 0.3) is 0 Å². The van der Waals surface area contributed by atoms with Gasteiger partial charge in [0.1, 0.15) is 13.2 Å². The van der Waals surface area contributed by atoms with Crippen LogP contribution in [0.2, 0.25) is 0 Å². The number of hydrogen-bond acceptors (Lipinski definition) is 6. The summed E-state index contributed by atoms with van der Waals surface area (Å²) in [7, 11) is 0. The number of carbonyl (C=O) groups excluding carboxylic acids is 1. The molecule has 2 atom stereocenters. The summed E-state index contributed by atoms with van der Waals surface area (Å²) in [5.41, 5.74) is 0.300. The highest BCUT2D eigenvalue weighted by molar-refractivity contribution is 5.85. The molecule has 1 aromatic rings. The molecule has 2 fully saturated rings. The number of halogens is 1. The van der Waals surface area contributed by atoms with Gasteiger partial charge >= 0.3 is 0 Å². The van der Waals surface area contributed by atoms with Crippen LogP contribution >= 0.6 is 12.4 Å². The average Bonchev–Trinajstić information content (AvgIpc) is 2.99. The quantitative estimate of drug-likeness (QED) is 0.617. The molecular weight excluding hydrogens is 374 g/mol. The summed E-state index contributed by atoms with van der Waals surface area (Å²) < 4.78 is 10.9. The third kappa shape index (κ3) is 4.11. The van der Waals surface area contributed by atoms with Crippen molar-refractivity contribution in [2.75, 3.05) is 39.4 Å². The maximum Gasteiger partial charge on any atom is 0.277 e. The number of hydrogen-bond donors (Lipinski definition) is 1. The minimum Gasteiger partial charge on any atom is -0.486 e. The fourth-order valence-electron chi connectivity index (χ4n) is 4.17. The minimum absolute atomic E-state index is 0. The van der Waals surface area contributed by atoms with Crippen LogP contribution in [0.4, 0.5) is 5.69 Å². The normalized spacial score (nSPS) is 23.8. The number of ether oxygens (including phenoxy) is 2. The van der Waals surface area contributed by atoms with Gasteiger partial charge in [0, 0.05) is 18.7 Å². The molecule has 9 heteroatoms. The van der Waals surface area contributed by atoms with E-state index < -0.39 is 4.92 Å². The molecule has 8 nitrogen and oxygen atoms in total. The number of amides is 1. The number of nitrogens with zero attached hydrogens (tertiary/aromatic N) is 2. The van der Waals surface area contributed by atoms with E-state index in [0.717, 1.165) is 39.0 Å². The maximum absolute atomic E-state index is 12.8. The van der Waals surface area contributed by atoms with Gasteiger partial charge in [0.05, 0.1) is 17.4 Å². The lowest BCUT2D eigenvalue weighted by molar-refractivity contribution is -0.385. The van der Waals surface area contributed by atoms with Gasteiger partial charge in [-0.15, -0.1) is 12.4 Å². The van der Waals surface area contributed by atoms with Crippen molar-refractivity contribution < 1.29 is 19.2 Å². The van der Waals surface area contributed by atoms with Crippen molar-refractivity contribution >= 4 is 24.0 Å². The van der Waals surface area contributed by atoms with E-state index in [9.17, 15) is 14.9 Å². The van der Waals surface area contributed by atoms with Crippen molar-refractivity contribution in [1.82, 2.24) is 10.2 Å². The molecule has 0 aliphatic carbocycles. The Bertz CT molecular complexity index is 715. The molecule has 1 N–H and O–H groups in total. The molecule has 3 aliphatic heterocycles. The predicted octanol–water partition coefficient (Wildman–Crippen LogP) is 1.79. The van der Waals surface area contributed by atoms with Crippen molar-refractivity contribution in [3.63, 3.8) is 0 Å². The molecule has 0 bridgehead atoms. The number of likely N-dealkylation sites (tertiary alicyclic amines) is 1. The molecule has 0 spiro atoms. The second kappa shape index (κ2) is 8.31. The zero-order valence-electron chi connectivity index (χ0n) is 15.0. The number of fused-ring (bicyclic) bond motifs is 2. The second-order valence-corrected chi connectivity index (χ2v) is 7.20. The number of carbonyl (C=O) groups is 1. The Morgan fingerprint density at radius 3 is 2.33 bits per heavy atom. The highest BCUT2D eigenvalue weighted by Gasteiger charge is 2.32. The van der Waals surface area contributed by atoms with Gasteiger partial charge in [0.15, 0.2) is 11.5 Å². The summed E-state index contributed by atoms with van der Waals surface area (Å²) in [5.74, 6) is 2.06. The van der Waals surface area contributed by atoms with Gasteiger partial charge in [-0.05, 0) is 43.8 Å². The summed E-state index contributed by atoms with van der Waals surface area (Å²) in [6.45, 7) is 4.27. The zero-order valence-corrected chi connectivity index (χ0v) is 15.8. The van der Waals surface area contributed by atoms with Crippen LogP contribution in [-0.4, -0.2) is 55.1 Å². The van der Waals surface area contributed by atoms with Gasteiger partial charge in [-0.1, -0.05) is 0 Å². The summed E-state index contributed by atoms with van der Waals surface area (Å²) in [6, 6.07) is 2.95. The Balaban J connectivity index is 0.00000210. The molecule has 27 heavy (non-hydrogen) atoms. The number of nitrogens with one attached hydrogen (secondary N) is 1. The largest absolute Gasteiger partial charge is 0.486 e. The van der Waals surface area contributed by atoms with E-state index in [2.05, 4.69) is 5.32 Å². The topological polar surface area (TPSA) is 93.9 Å². The number of benzene rings is 1. The minimum atomic E-state index is -0.459. The van der Waals surface area contributed by atoms with Crippen molar-refractivity contribution in [1.29, 1.82) is 0 Å². The van der Waals surface area contributed by atoms with E-state index in [1.54, 1.807) is 6.07 Å². The zero-order chi connectivity index (χ0) is 18.1. The second-order valence-electron chi connectivity index (χ2n) is 7.20. The first-order valence-electron chi connectivity index (χ1n) is 9.17. The molecule has 0 unspecified atom stereocenters. The van der Waals surface area contributed by atoms with Gasteiger partial charge < -0.3 is 19.7 Å². The Morgan fingerprint density at radius 1 is 1.15 bits per heavy atom. The average molecular weight is 398 g/mol. The molecule has 0 saturated carbocycles. The number of nitro groups is 1. The van der Waals surface area contributed by atoms with Crippen LogP contribution in [-0.2, 0) is 11.2 Å². The van der Waals surface area contributed by atoms with Crippen LogP contribution in [0.1, 0.15) is 18.4 Å². The molecular formula is C18H24ClN3O5. The molecule has 1 aromatic carbocycles. The van der Waals surface area contributed by atoms with Crippen LogP contribution in [0.5, 0.6) is 11.5 Å². The first-order chi connectivity index (χ1) is 12.6. The molecule has 3 aliphatic rings. The summed E-state index contributed by atoms with van der Waals surface area (Å²) in [6.07, 6.45) is 2.00. The fourth-order valence-corrected chi connectivity index (χ4v) is 4.17. The Hall–Kier alpha value is -2.06. The van der Waals surface area contributed by atoms with Crippen LogP contribution in [0.3, 0.4) is 0 Å². The molecule has 1 amide bonds. The van der Waals surface area contributed by atoms with E-state index in [-0.39, 0.29) is 30.4 Å². The monoisotopic (exact) mass is 397 g/mol. The molecule has 3 heterocycles. The standard InChI is InChI=1S/C18H23N3O5.ClH/c22-18(20-3-1-12-10-19-11-13(12)2-4-20)8-14-7-16-17(26-6-5-25-16)9-15(14)21(23)24;/h7,9,12-13,19H,1-6,8,10-11H2;1H/t12-,13+;. The van der Waals surface area contributed by atoms with E-state index in [0.29, 0.717) is 42.1 Å². The lowest BCUT2D eigenvalue weighted by atomic mass is 9.92. The van der Waals surface area contributed by atoms with Gasteiger partial charge in [-0.3, -0.25) is 14.9 Å². The van der Waals surface area contributed by atoms with Crippen molar-refractivity contribution in [3.05, 3.63) is 27.8 Å². The molecule has 148 valence electrons. The molecule has 4 rings (SSSR count). The van der Waals surface area contributed by atoms with Gasteiger partial charge in [-0.25, -0.2) is 0 Å². The van der Waals surface area contributed by atoms with E-state index >= 15 is 0 Å². The summed E-state index contributed by atoms with van der Waals surface area (Å²) in [5, 5.41) is 14.9. The van der Waals surface area contributed by atoms with E-state index in [1.807, 2.05) is 4.90 Å². The molecule has 0 radical (unpaired) electrons. The summed E-state index contributed by atoms with van der Waals surface area (Å²) in [4.78, 5) is 25.6. The predicted molar refractivity (Wildman–Crippen MR) is 101 cm³/mol. The lowest BCUT2D eigenvalue weighted by Gasteiger charge is -2.22. The van der Waals surface area contributed by atoms with Gasteiger partial charge in [0.25, 0.3) is 5.69 Å². The van der Waals surface area contributed by atoms with Gasteiger partial charge in [-0.2, -0.15) is 0 Å². The smallest absolute Gasteiger partial charge is 0.277 e. The van der Waals surface area contributed by atoms with Crippen molar-refractivity contribution in [3.8, 4) is 11.5 Å². The molecule has 0 aromatic heterocycles. The third-order valence-corrected chi connectivity index (χ3v) is 5.65. The number of rotatable bonds is 3. The fraction of sp³-hybridized carbons (Fsp3) is 0.611. The highest BCUT2D eigenvalue weighted by atomic mass is 35.5. The molecule has 2 saturated heterocycles. The third-order valence-electron chi connectivity index (χ3n) is 5.65. The number of nitro benzene ring substituents is 1. The van der Waals surface area contributed by atoms with E-state index in [1.165, 1.54) is 6.07 Å². The first kappa shape index (κ1) is 19.7. The SMILES string of the molecule is Cl.O=C(Cc1cc2c(cc1[N+](=O)[O-])OCCO2)N1CC[C@@H]2CNC[C@@H]2CC1. The van der Waals surface area contributed by atoms with E-state index in [4.69, 9.17) is 9.47 Å². The van der Waals surface area contributed by atoms with Crippen molar-refractivity contribution in [2.24, 2.45) is 11.8 Å². The highest BCUT2D eigenvalue weighted by Crippen LogP contribution is 2.37. The lowest BCUT2D eigenvalue weighted by Crippen LogP contribution is -2.34. The first-order valence-corrected chi connectivity index (χ1v) is 9.17. The summed E-state index contributed by atoms with van der Waals surface area (Å²) >= 11 is 0. The Labute approximate surface area is 163 Å².